The summed E-state index contributed by atoms with van der Waals surface area (Å²) in [4.78, 5) is 11.8. The molecule has 0 spiro atoms. The summed E-state index contributed by atoms with van der Waals surface area (Å²) in [5, 5.41) is 2.61. The maximum Gasteiger partial charge on any atom is 0.252 e. The molecule has 3 N–H and O–H groups in total. The van der Waals surface area contributed by atoms with Gasteiger partial charge in [-0.15, -0.1) is 0 Å². The summed E-state index contributed by atoms with van der Waals surface area (Å²) in [7, 11) is 1.53. The highest BCUT2D eigenvalue weighted by Gasteiger charge is 2.10. The number of ether oxygens (including phenoxy) is 1. The number of amides is 1. The zero-order valence-electron chi connectivity index (χ0n) is 10.1. The van der Waals surface area contributed by atoms with E-state index in [0.29, 0.717) is 18.7 Å². The van der Waals surface area contributed by atoms with Crippen molar-refractivity contribution in [1.82, 2.24) is 5.32 Å². The van der Waals surface area contributed by atoms with Gasteiger partial charge in [0, 0.05) is 19.2 Å². The van der Waals surface area contributed by atoms with Gasteiger partial charge in [0.25, 0.3) is 5.91 Å². The SMILES string of the molecule is COCCNC(=O)c1cc(F)ccc1C#CCN. The van der Waals surface area contributed by atoms with Crippen LogP contribution in [0.5, 0.6) is 0 Å². The van der Waals surface area contributed by atoms with E-state index in [0.717, 1.165) is 6.07 Å². The fraction of sp³-hybridized carbons (Fsp3) is 0.308. The third-order valence-electron chi connectivity index (χ3n) is 2.14. The number of benzene rings is 1. The van der Waals surface area contributed by atoms with Crippen molar-refractivity contribution in [3.05, 3.63) is 35.1 Å². The molecule has 0 aliphatic rings. The molecule has 0 unspecified atom stereocenters. The van der Waals surface area contributed by atoms with E-state index in [1.165, 1.54) is 19.2 Å². The maximum absolute atomic E-state index is 13.1. The van der Waals surface area contributed by atoms with Gasteiger partial charge in [0.05, 0.1) is 18.7 Å². The first-order valence-electron chi connectivity index (χ1n) is 5.44. The van der Waals surface area contributed by atoms with E-state index in [-0.39, 0.29) is 18.0 Å². The van der Waals surface area contributed by atoms with Crippen LogP contribution < -0.4 is 11.1 Å². The van der Waals surface area contributed by atoms with Crippen molar-refractivity contribution in [3.8, 4) is 11.8 Å². The van der Waals surface area contributed by atoms with Crippen molar-refractivity contribution in [2.75, 3.05) is 26.8 Å². The highest BCUT2D eigenvalue weighted by molar-refractivity contribution is 5.96. The molecule has 1 rings (SSSR count). The van der Waals surface area contributed by atoms with Gasteiger partial charge >= 0.3 is 0 Å². The van der Waals surface area contributed by atoms with Crippen LogP contribution in [0.1, 0.15) is 15.9 Å². The monoisotopic (exact) mass is 250 g/mol. The topological polar surface area (TPSA) is 64.3 Å². The smallest absolute Gasteiger partial charge is 0.252 e. The molecule has 4 nitrogen and oxygen atoms in total. The van der Waals surface area contributed by atoms with Crippen molar-refractivity contribution >= 4 is 5.91 Å². The van der Waals surface area contributed by atoms with Crippen molar-refractivity contribution in [1.29, 1.82) is 0 Å². The molecule has 0 bridgehead atoms. The third kappa shape index (κ3) is 4.17. The van der Waals surface area contributed by atoms with E-state index >= 15 is 0 Å². The Balaban J connectivity index is 2.90. The summed E-state index contributed by atoms with van der Waals surface area (Å²) in [5.74, 6) is 4.51. The lowest BCUT2D eigenvalue weighted by atomic mass is 10.1. The van der Waals surface area contributed by atoms with Crippen LogP contribution in [-0.4, -0.2) is 32.7 Å². The van der Waals surface area contributed by atoms with E-state index in [4.69, 9.17) is 10.5 Å². The van der Waals surface area contributed by atoms with Crippen LogP contribution in [0.4, 0.5) is 4.39 Å². The summed E-state index contributed by atoms with van der Waals surface area (Å²) in [6, 6.07) is 3.87. The lowest BCUT2D eigenvalue weighted by Crippen LogP contribution is -2.27. The molecular weight excluding hydrogens is 235 g/mol. The van der Waals surface area contributed by atoms with E-state index in [1.807, 2.05) is 0 Å². The van der Waals surface area contributed by atoms with Crippen molar-refractivity contribution in [2.45, 2.75) is 0 Å². The molecule has 0 aromatic heterocycles. The summed E-state index contributed by atoms with van der Waals surface area (Å²) >= 11 is 0. The molecule has 0 saturated heterocycles. The van der Waals surface area contributed by atoms with E-state index in [9.17, 15) is 9.18 Å². The highest BCUT2D eigenvalue weighted by Crippen LogP contribution is 2.10. The van der Waals surface area contributed by atoms with Crippen LogP contribution in [0.2, 0.25) is 0 Å². The Hall–Kier alpha value is -1.90. The fourth-order valence-electron chi connectivity index (χ4n) is 1.32. The molecule has 0 radical (unpaired) electrons. The molecule has 0 saturated carbocycles. The molecule has 5 heteroatoms. The number of hydrogen-bond acceptors (Lipinski definition) is 3. The summed E-state index contributed by atoms with van der Waals surface area (Å²) in [5.41, 5.74) is 5.92. The first kappa shape index (κ1) is 14.2. The van der Waals surface area contributed by atoms with Gasteiger partial charge in [-0.25, -0.2) is 4.39 Å². The Morgan fingerprint density at radius 2 is 2.33 bits per heavy atom. The van der Waals surface area contributed by atoms with Gasteiger partial charge in [0.15, 0.2) is 0 Å². The molecule has 0 fully saturated rings. The second-order valence-corrected chi connectivity index (χ2v) is 3.44. The van der Waals surface area contributed by atoms with Crippen molar-refractivity contribution < 1.29 is 13.9 Å². The Labute approximate surface area is 105 Å². The Morgan fingerprint density at radius 1 is 1.56 bits per heavy atom. The number of carbonyl (C=O) groups is 1. The predicted molar refractivity (Wildman–Crippen MR) is 66.5 cm³/mol. The van der Waals surface area contributed by atoms with E-state index < -0.39 is 5.82 Å². The summed E-state index contributed by atoms with van der Waals surface area (Å²) in [6.07, 6.45) is 0. The van der Waals surface area contributed by atoms with Gasteiger partial charge in [0.2, 0.25) is 0 Å². The van der Waals surface area contributed by atoms with Gasteiger partial charge in [-0.2, -0.15) is 0 Å². The van der Waals surface area contributed by atoms with Crippen LogP contribution in [0.15, 0.2) is 18.2 Å². The van der Waals surface area contributed by atoms with Crippen LogP contribution in [0.3, 0.4) is 0 Å². The Kier molecular flexibility index (Phi) is 5.85. The van der Waals surface area contributed by atoms with Crippen LogP contribution >= 0.6 is 0 Å². The van der Waals surface area contributed by atoms with Gasteiger partial charge in [0.1, 0.15) is 5.82 Å². The third-order valence-corrected chi connectivity index (χ3v) is 2.14. The van der Waals surface area contributed by atoms with Gasteiger partial charge in [-0.1, -0.05) is 11.8 Å². The Morgan fingerprint density at radius 3 is 3.00 bits per heavy atom. The minimum atomic E-state index is -0.481. The van der Waals surface area contributed by atoms with Gasteiger partial charge in [-0.05, 0) is 18.2 Å². The first-order valence-corrected chi connectivity index (χ1v) is 5.44. The average Bonchev–Trinajstić information content (AvgIpc) is 2.37. The quantitative estimate of drug-likeness (QED) is 0.604. The molecular formula is C13H15FN2O2. The van der Waals surface area contributed by atoms with Crippen LogP contribution in [-0.2, 0) is 4.74 Å². The molecule has 1 aromatic rings. The number of rotatable bonds is 4. The number of halogens is 1. The van der Waals surface area contributed by atoms with Crippen LogP contribution in [0, 0.1) is 17.7 Å². The highest BCUT2D eigenvalue weighted by atomic mass is 19.1. The standard InChI is InChI=1S/C13H15FN2O2/c1-18-8-7-16-13(17)12-9-11(14)5-4-10(12)3-2-6-15/h4-5,9H,6-8,15H2,1H3,(H,16,17). The number of methoxy groups -OCH3 is 1. The molecule has 0 atom stereocenters. The molecule has 18 heavy (non-hydrogen) atoms. The predicted octanol–water partition coefficient (Wildman–Crippen LogP) is 0.512. The molecule has 96 valence electrons. The van der Waals surface area contributed by atoms with Crippen molar-refractivity contribution in [3.63, 3.8) is 0 Å². The Bertz CT molecular complexity index is 478. The zero-order chi connectivity index (χ0) is 13.4. The lowest BCUT2D eigenvalue weighted by molar-refractivity contribution is 0.0936. The molecule has 1 amide bonds. The second kappa shape index (κ2) is 7.43. The van der Waals surface area contributed by atoms with E-state index in [2.05, 4.69) is 17.2 Å². The normalized spacial score (nSPS) is 9.50. The first-order chi connectivity index (χ1) is 8.69. The summed E-state index contributed by atoms with van der Waals surface area (Å²) < 4.78 is 18.0. The minimum Gasteiger partial charge on any atom is -0.383 e. The average molecular weight is 250 g/mol. The number of nitrogens with one attached hydrogen (secondary N) is 1. The fourth-order valence-corrected chi connectivity index (χ4v) is 1.32. The second-order valence-electron chi connectivity index (χ2n) is 3.44. The van der Waals surface area contributed by atoms with Gasteiger partial charge < -0.3 is 15.8 Å². The van der Waals surface area contributed by atoms with Crippen molar-refractivity contribution in [2.24, 2.45) is 5.73 Å². The molecule has 1 aromatic carbocycles. The zero-order valence-corrected chi connectivity index (χ0v) is 10.1. The largest absolute Gasteiger partial charge is 0.383 e. The lowest BCUT2D eigenvalue weighted by Gasteiger charge is -2.06. The number of hydrogen-bond donors (Lipinski definition) is 2. The maximum atomic E-state index is 13.1. The van der Waals surface area contributed by atoms with E-state index in [1.54, 1.807) is 0 Å². The minimum absolute atomic E-state index is 0.183. The molecule has 0 aliphatic heterocycles. The molecule has 0 heterocycles. The van der Waals surface area contributed by atoms with Gasteiger partial charge in [-0.3, -0.25) is 4.79 Å². The molecule has 0 aliphatic carbocycles. The van der Waals surface area contributed by atoms with Crippen LogP contribution in [0.25, 0.3) is 0 Å². The number of nitrogens with two attached hydrogens (primary N) is 1. The number of carbonyl (C=O) groups excluding carboxylic acids is 1. The summed E-state index contributed by atoms with van der Waals surface area (Å²) in [6.45, 7) is 0.933.